The maximum Gasteiger partial charge on any atom is 0.323 e. The molecule has 8 heteroatoms. The number of carbonyl (C=O) groups excluding carboxylic acids is 2. The summed E-state index contributed by atoms with van der Waals surface area (Å²) in [6.45, 7) is 8.26. The van der Waals surface area contributed by atoms with Crippen molar-refractivity contribution < 1.29 is 32.0 Å². The Morgan fingerprint density at radius 2 is 1.32 bits per heavy atom. The summed E-state index contributed by atoms with van der Waals surface area (Å²) in [4.78, 5) is 24.1. The average molecular weight is 422 g/mol. The minimum absolute atomic E-state index is 0.0470. The highest BCUT2D eigenvalue weighted by Crippen LogP contribution is 2.17. The van der Waals surface area contributed by atoms with E-state index in [0.717, 1.165) is 51.4 Å². The molecule has 0 unspecified atom stereocenters. The Balaban J connectivity index is 4.73. The summed E-state index contributed by atoms with van der Waals surface area (Å²) < 4.78 is 44.6. The minimum atomic E-state index is -5.01. The van der Waals surface area contributed by atoms with Crippen molar-refractivity contribution in [2.75, 3.05) is 13.2 Å². The zero-order chi connectivity index (χ0) is 21.6. The predicted molar refractivity (Wildman–Crippen MR) is 107 cm³/mol. The topological polar surface area (TPSA) is 110 Å². The lowest BCUT2D eigenvalue weighted by molar-refractivity contribution is -0.151. The van der Waals surface area contributed by atoms with Crippen LogP contribution in [-0.2, 0) is 29.2 Å². The van der Waals surface area contributed by atoms with E-state index in [1.807, 2.05) is 13.8 Å². The van der Waals surface area contributed by atoms with Gasteiger partial charge in [-0.3, -0.25) is 9.59 Å². The summed E-state index contributed by atoms with van der Waals surface area (Å²) in [7, 11) is -5.01. The van der Waals surface area contributed by atoms with Gasteiger partial charge >= 0.3 is 11.9 Å². The molecule has 0 radical (unpaired) electrons. The van der Waals surface area contributed by atoms with E-state index in [9.17, 15) is 22.6 Å². The van der Waals surface area contributed by atoms with Crippen LogP contribution in [0.5, 0.6) is 0 Å². The van der Waals surface area contributed by atoms with E-state index in [1.165, 1.54) is 0 Å². The van der Waals surface area contributed by atoms with Crippen LogP contribution in [0.3, 0.4) is 0 Å². The minimum Gasteiger partial charge on any atom is -0.747 e. The first-order valence-electron chi connectivity index (χ1n) is 10.5. The molecule has 0 aliphatic carbocycles. The van der Waals surface area contributed by atoms with Crippen LogP contribution in [0.2, 0.25) is 0 Å². The molecule has 0 spiro atoms. The first-order chi connectivity index (χ1) is 13.2. The number of rotatable bonds is 16. The standard InChI is InChI=1S/C20H38O7S/c1-5-9-11-16(7-3)14-26-19(21)13-18(28(23,24)25)20(22)27-15-17(8-4)12-10-6-2/h16-18H,5-15H2,1-4H3,(H,23,24,25)/p-1/t16-,17-,18-/m1/s1. The summed E-state index contributed by atoms with van der Waals surface area (Å²) in [5.74, 6) is -1.74. The van der Waals surface area contributed by atoms with Gasteiger partial charge in [0.05, 0.1) is 19.6 Å². The molecule has 0 saturated carbocycles. The monoisotopic (exact) mass is 421 g/mol. The van der Waals surface area contributed by atoms with Gasteiger partial charge in [-0.2, -0.15) is 0 Å². The SMILES string of the molecule is CCCC[C@@H](CC)COC(=O)C[C@H](C(=O)OC[C@H](CC)CCCC)S(=O)(=O)[O-]. The van der Waals surface area contributed by atoms with Crippen molar-refractivity contribution in [1.82, 2.24) is 0 Å². The Morgan fingerprint density at radius 3 is 1.71 bits per heavy atom. The van der Waals surface area contributed by atoms with Gasteiger partial charge in [0.25, 0.3) is 0 Å². The summed E-state index contributed by atoms with van der Waals surface area (Å²) in [6.07, 6.45) is 6.58. The molecule has 0 aliphatic heterocycles. The lowest BCUT2D eigenvalue weighted by atomic mass is 10.0. The number of unbranched alkanes of at least 4 members (excludes halogenated alkanes) is 2. The average Bonchev–Trinajstić information content (AvgIpc) is 2.65. The summed E-state index contributed by atoms with van der Waals surface area (Å²) in [5.41, 5.74) is 0. The lowest BCUT2D eigenvalue weighted by Gasteiger charge is -2.21. The molecule has 0 aliphatic rings. The molecular weight excluding hydrogens is 384 g/mol. The second kappa shape index (κ2) is 14.8. The maximum atomic E-state index is 12.1. The van der Waals surface area contributed by atoms with Crippen LogP contribution in [0, 0.1) is 11.8 Å². The highest BCUT2D eigenvalue weighted by atomic mass is 32.2. The van der Waals surface area contributed by atoms with Crippen LogP contribution in [0.25, 0.3) is 0 Å². The van der Waals surface area contributed by atoms with Crippen molar-refractivity contribution in [3.8, 4) is 0 Å². The molecule has 0 heterocycles. The number of hydrogen-bond acceptors (Lipinski definition) is 7. The third-order valence-electron chi connectivity index (χ3n) is 4.99. The molecule has 0 amide bonds. The number of hydrogen-bond donors (Lipinski definition) is 0. The first-order valence-corrected chi connectivity index (χ1v) is 11.9. The molecule has 166 valence electrons. The van der Waals surface area contributed by atoms with Crippen LogP contribution >= 0.6 is 0 Å². The van der Waals surface area contributed by atoms with E-state index in [0.29, 0.717) is 0 Å². The van der Waals surface area contributed by atoms with Crippen LogP contribution in [-0.4, -0.2) is 43.4 Å². The molecule has 0 N–H and O–H groups in total. The van der Waals surface area contributed by atoms with Crippen molar-refractivity contribution in [1.29, 1.82) is 0 Å². The number of esters is 2. The van der Waals surface area contributed by atoms with Crippen LogP contribution in [0.4, 0.5) is 0 Å². The number of ether oxygens (including phenoxy) is 2. The van der Waals surface area contributed by atoms with Gasteiger partial charge in [0, 0.05) is 0 Å². The highest BCUT2D eigenvalue weighted by Gasteiger charge is 2.31. The van der Waals surface area contributed by atoms with Crippen LogP contribution in [0.15, 0.2) is 0 Å². The molecule has 0 aromatic heterocycles. The lowest BCUT2D eigenvalue weighted by Crippen LogP contribution is -2.35. The molecule has 3 atom stereocenters. The molecule has 28 heavy (non-hydrogen) atoms. The quantitative estimate of drug-likeness (QED) is 0.275. The van der Waals surface area contributed by atoms with Crippen molar-refractivity contribution in [2.24, 2.45) is 11.8 Å². The molecule has 0 aromatic carbocycles. The van der Waals surface area contributed by atoms with Gasteiger partial charge in [0.2, 0.25) is 0 Å². The molecule has 0 aromatic rings. The Hall–Kier alpha value is -1.15. The van der Waals surface area contributed by atoms with Gasteiger partial charge in [-0.15, -0.1) is 0 Å². The fourth-order valence-corrected chi connectivity index (χ4v) is 3.46. The van der Waals surface area contributed by atoms with Gasteiger partial charge in [0.1, 0.15) is 10.1 Å². The van der Waals surface area contributed by atoms with Crippen molar-refractivity contribution in [3.05, 3.63) is 0 Å². The van der Waals surface area contributed by atoms with Gasteiger partial charge in [0.15, 0.2) is 5.25 Å². The third kappa shape index (κ3) is 11.6. The van der Waals surface area contributed by atoms with Gasteiger partial charge < -0.3 is 14.0 Å². The van der Waals surface area contributed by atoms with Gasteiger partial charge in [-0.05, 0) is 24.7 Å². The Morgan fingerprint density at radius 1 is 0.857 bits per heavy atom. The van der Waals surface area contributed by atoms with Crippen molar-refractivity contribution >= 4 is 22.1 Å². The summed E-state index contributed by atoms with van der Waals surface area (Å²) >= 11 is 0. The second-order valence-electron chi connectivity index (χ2n) is 7.33. The van der Waals surface area contributed by atoms with Gasteiger partial charge in [-0.1, -0.05) is 66.2 Å². The second-order valence-corrected chi connectivity index (χ2v) is 8.89. The maximum absolute atomic E-state index is 12.1. The number of carbonyl (C=O) groups is 2. The van der Waals surface area contributed by atoms with E-state index in [4.69, 9.17) is 9.47 Å². The van der Waals surface area contributed by atoms with E-state index in [-0.39, 0.29) is 25.0 Å². The fourth-order valence-electron chi connectivity index (χ4n) is 2.81. The smallest absolute Gasteiger partial charge is 0.323 e. The van der Waals surface area contributed by atoms with Crippen molar-refractivity contribution in [2.45, 2.75) is 90.7 Å². The van der Waals surface area contributed by atoms with Crippen LogP contribution < -0.4 is 0 Å². The molecule has 7 nitrogen and oxygen atoms in total. The largest absolute Gasteiger partial charge is 0.747 e. The normalized spacial score (nSPS) is 14.9. The molecule has 0 fully saturated rings. The van der Waals surface area contributed by atoms with E-state index in [1.54, 1.807) is 0 Å². The zero-order valence-corrected chi connectivity index (χ0v) is 18.6. The summed E-state index contributed by atoms with van der Waals surface area (Å²) in [6, 6.07) is 0. The summed E-state index contributed by atoms with van der Waals surface area (Å²) in [5, 5.41) is -2.06. The Labute approximate surface area is 170 Å². The Bertz CT molecular complexity index is 545. The molecule has 0 bridgehead atoms. The van der Waals surface area contributed by atoms with E-state index in [2.05, 4.69) is 13.8 Å². The van der Waals surface area contributed by atoms with E-state index >= 15 is 0 Å². The first kappa shape index (κ1) is 26.9. The third-order valence-corrected chi connectivity index (χ3v) is 6.05. The Kier molecular flexibility index (Phi) is 14.2. The highest BCUT2D eigenvalue weighted by molar-refractivity contribution is 7.87. The van der Waals surface area contributed by atoms with E-state index < -0.39 is 33.7 Å². The molecule has 0 rings (SSSR count). The molecular formula is C20H37O7S-. The zero-order valence-electron chi connectivity index (χ0n) is 17.8. The van der Waals surface area contributed by atoms with Crippen LogP contribution in [0.1, 0.15) is 85.5 Å². The molecule has 0 saturated heterocycles. The predicted octanol–water partition coefficient (Wildman–Crippen LogP) is 3.81. The van der Waals surface area contributed by atoms with Gasteiger partial charge in [-0.25, -0.2) is 8.42 Å². The fraction of sp³-hybridized carbons (Fsp3) is 0.900. The van der Waals surface area contributed by atoms with Crippen molar-refractivity contribution in [3.63, 3.8) is 0 Å².